The minimum atomic E-state index is -0.536. The Hall–Kier alpha value is -2.60. The van der Waals surface area contributed by atoms with Gasteiger partial charge in [0.2, 0.25) is 0 Å². The molecule has 4 heteroatoms. The smallest absolute Gasteiger partial charge is 0.150 e. The van der Waals surface area contributed by atoms with Gasteiger partial charge >= 0.3 is 0 Å². The maximum Gasteiger partial charge on any atom is 0.150 e. The summed E-state index contributed by atoms with van der Waals surface area (Å²) in [5.74, 6) is 4.75. The van der Waals surface area contributed by atoms with Crippen LogP contribution in [0.2, 0.25) is 0 Å². The minimum absolute atomic E-state index is 0.109. The second-order valence-electron chi connectivity index (χ2n) is 5.85. The molecule has 0 aliphatic heterocycles. The largest absolute Gasteiger partial charge is 0.205 e. The van der Waals surface area contributed by atoms with Gasteiger partial charge in [-0.05, 0) is 54.9 Å². The van der Waals surface area contributed by atoms with Crippen molar-refractivity contribution in [3.05, 3.63) is 69.8 Å². The van der Waals surface area contributed by atoms with Crippen molar-refractivity contribution in [1.82, 2.24) is 0 Å². The molecule has 0 amide bonds. The van der Waals surface area contributed by atoms with Gasteiger partial charge in [-0.3, -0.25) is 0 Å². The molecule has 0 radical (unpaired) electrons. The van der Waals surface area contributed by atoms with Crippen molar-refractivity contribution >= 4 is 29.1 Å². The number of rotatable bonds is 3. The van der Waals surface area contributed by atoms with Gasteiger partial charge in [-0.2, -0.15) is 4.99 Å². The number of benzene rings is 2. The van der Waals surface area contributed by atoms with E-state index in [4.69, 9.17) is 0 Å². The summed E-state index contributed by atoms with van der Waals surface area (Å²) in [6.45, 7) is 2.11. The molecule has 0 spiro atoms. The Morgan fingerprint density at radius 2 is 2.00 bits per heavy atom. The van der Waals surface area contributed by atoms with Gasteiger partial charge in [-0.1, -0.05) is 42.9 Å². The third kappa shape index (κ3) is 3.74. The lowest BCUT2D eigenvalue weighted by Gasteiger charge is -2.02. The van der Waals surface area contributed by atoms with Gasteiger partial charge in [0, 0.05) is 11.1 Å². The van der Waals surface area contributed by atoms with Crippen LogP contribution >= 0.6 is 12.2 Å². The van der Waals surface area contributed by atoms with Gasteiger partial charge in [0.15, 0.2) is 5.82 Å². The monoisotopic (exact) mass is 351 g/mol. The molecule has 0 N–H and O–H groups in total. The Balaban J connectivity index is 1.91. The lowest BCUT2D eigenvalue weighted by molar-refractivity contribution is 0.620. The molecule has 0 fully saturated rings. The maximum atomic E-state index is 14.7. The van der Waals surface area contributed by atoms with E-state index in [0.29, 0.717) is 16.7 Å². The molecule has 0 atom stereocenters. The van der Waals surface area contributed by atoms with Crippen LogP contribution in [0, 0.1) is 23.5 Å². The average molecular weight is 351 g/mol. The van der Waals surface area contributed by atoms with Crippen LogP contribution in [0.15, 0.2) is 40.9 Å². The van der Waals surface area contributed by atoms with E-state index in [-0.39, 0.29) is 11.5 Å². The van der Waals surface area contributed by atoms with Crippen LogP contribution in [0.5, 0.6) is 0 Å². The van der Waals surface area contributed by atoms with Gasteiger partial charge in [-0.25, -0.2) is 8.78 Å². The Morgan fingerprint density at radius 3 is 2.72 bits per heavy atom. The van der Waals surface area contributed by atoms with Crippen molar-refractivity contribution in [2.45, 2.75) is 26.2 Å². The van der Waals surface area contributed by atoms with Gasteiger partial charge in [0.1, 0.15) is 11.5 Å². The number of aliphatic imine (C=N–C) groups is 1. The highest BCUT2D eigenvalue weighted by Gasteiger charge is 2.17. The number of fused-ring (bicyclic) bond motifs is 1. The molecule has 2 aromatic carbocycles. The molecule has 0 unspecified atom stereocenters. The van der Waals surface area contributed by atoms with E-state index in [2.05, 4.69) is 41.1 Å². The van der Waals surface area contributed by atoms with E-state index in [1.165, 1.54) is 17.7 Å². The Bertz CT molecular complexity index is 973. The predicted molar refractivity (Wildman–Crippen MR) is 100 cm³/mol. The van der Waals surface area contributed by atoms with Crippen molar-refractivity contribution in [2.75, 3.05) is 0 Å². The van der Waals surface area contributed by atoms with Gasteiger partial charge < -0.3 is 0 Å². The maximum absolute atomic E-state index is 14.7. The first-order valence-electron chi connectivity index (χ1n) is 8.02. The van der Waals surface area contributed by atoms with E-state index in [1.807, 2.05) is 12.1 Å². The van der Waals surface area contributed by atoms with E-state index in [0.717, 1.165) is 24.8 Å². The highest BCUT2D eigenvalue weighted by Crippen LogP contribution is 2.31. The number of hydrogen-bond donors (Lipinski definition) is 0. The van der Waals surface area contributed by atoms with Crippen LogP contribution in [0.4, 0.5) is 14.5 Å². The van der Waals surface area contributed by atoms with Crippen LogP contribution in [0.25, 0.3) is 6.08 Å². The van der Waals surface area contributed by atoms with E-state index in [1.54, 1.807) is 12.1 Å². The molecule has 0 saturated heterocycles. The van der Waals surface area contributed by atoms with Crippen LogP contribution in [0.1, 0.15) is 42.0 Å². The van der Waals surface area contributed by atoms with Crippen molar-refractivity contribution in [2.24, 2.45) is 4.99 Å². The summed E-state index contributed by atoms with van der Waals surface area (Å²) in [5.41, 5.74) is 3.75. The van der Waals surface area contributed by atoms with E-state index >= 15 is 0 Å². The molecular formula is C21H15F2NS. The fourth-order valence-corrected chi connectivity index (χ4v) is 2.98. The summed E-state index contributed by atoms with van der Waals surface area (Å²) in [7, 11) is 0. The standard InChI is InChI=1S/C21H15F2NS/c1-2-3-15-10-17-8-7-16(21(23)18(17)11-15)6-4-14-5-9-20(24-13-25)19(22)12-14/h5,7-9,11-12H,2-3,10H2,1H3. The molecule has 0 bridgehead atoms. The second-order valence-corrected chi connectivity index (χ2v) is 6.03. The quantitative estimate of drug-likeness (QED) is 0.384. The molecule has 1 aliphatic carbocycles. The highest BCUT2D eigenvalue weighted by atomic mass is 32.1. The summed E-state index contributed by atoms with van der Waals surface area (Å²) in [6.07, 6.45) is 4.76. The number of isothiocyanates is 1. The Kier molecular flexibility index (Phi) is 5.19. The lowest BCUT2D eigenvalue weighted by Crippen LogP contribution is -1.92. The van der Waals surface area contributed by atoms with Crippen molar-refractivity contribution < 1.29 is 8.78 Å². The molecule has 3 rings (SSSR count). The first-order chi connectivity index (χ1) is 12.1. The minimum Gasteiger partial charge on any atom is -0.205 e. The van der Waals surface area contributed by atoms with Crippen LogP contribution in [-0.2, 0) is 6.42 Å². The zero-order chi connectivity index (χ0) is 17.8. The topological polar surface area (TPSA) is 12.4 Å². The van der Waals surface area contributed by atoms with Crippen LogP contribution in [-0.4, -0.2) is 5.16 Å². The summed E-state index contributed by atoms with van der Waals surface area (Å²) in [5, 5.41) is 2.12. The molecule has 0 heterocycles. The summed E-state index contributed by atoms with van der Waals surface area (Å²) < 4.78 is 28.5. The number of hydrogen-bond acceptors (Lipinski definition) is 2. The molecular weight excluding hydrogens is 336 g/mol. The molecule has 25 heavy (non-hydrogen) atoms. The number of halogens is 2. The van der Waals surface area contributed by atoms with Gasteiger partial charge in [0.05, 0.1) is 10.7 Å². The van der Waals surface area contributed by atoms with Crippen molar-refractivity contribution in [3.63, 3.8) is 0 Å². The highest BCUT2D eigenvalue weighted by molar-refractivity contribution is 7.78. The predicted octanol–water partition coefficient (Wildman–Crippen LogP) is 5.84. The van der Waals surface area contributed by atoms with Crippen molar-refractivity contribution in [3.8, 4) is 11.8 Å². The summed E-state index contributed by atoms with van der Waals surface area (Å²) >= 11 is 4.46. The third-order valence-corrected chi connectivity index (χ3v) is 4.15. The zero-order valence-electron chi connectivity index (χ0n) is 13.7. The zero-order valence-corrected chi connectivity index (χ0v) is 14.5. The normalized spacial score (nSPS) is 11.9. The fraction of sp³-hybridized carbons (Fsp3) is 0.190. The first-order valence-corrected chi connectivity index (χ1v) is 8.43. The number of nitrogens with zero attached hydrogens (tertiary/aromatic N) is 1. The lowest BCUT2D eigenvalue weighted by atomic mass is 10.0. The van der Waals surface area contributed by atoms with Gasteiger partial charge in [0.25, 0.3) is 0 Å². The molecule has 0 aromatic heterocycles. The van der Waals surface area contributed by atoms with Crippen LogP contribution in [0.3, 0.4) is 0 Å². The van der Waals surface area contributed by atoms with Crippen LogP contribution < -0.4 is 0 Å². The Labute approximate surface area is 151 Å². The Morgan fingerprint density at radius 1 is 1.16 bits per heavy atom. The van der Waals surface area contributed by atoms with E-state index < -0.39 is 5.82 Å². The summed E-state index contributed by atoms with van der Waals surface area (Å²) in [4.78, 5) is 3.62. The summed E-state index contributed by atoms with van der Waals surface area (Å²) in [6, 6.07) is 7.94. The molecule has 124 valence electrons. The number of allylic oxidation sites excluding steroid dienone is 1. The molecule has 1 aliphatic rings. The van der Waals surface area contributed by atoms with Gasteiger partial charge in [-0.15, -0.1) is 0 Å². The fourth-order valence-electron chi connectivity index (χ4n) is 2.89. The second kappa shape index (κ2) is 7.53. The molecule has 1 nitrogen and oxygen atoms in total. The third-order valence-electron chi connectivity index (χ3n) is 4.06. The first kappa shape index (κ1) is 17.2. The molecule has 0 saturated carbocycles. The van der Waals surface area contributed by atoms with E-state index in [9.17, 15) is 8.78 Å². The van der Waals surface area contributed by atoms with Crippen molar-refractivity contribution in [1.29, 1.82) is 0 Å². The SMILES string of the molecule is CCCC1=Cc2c(ccc(C#Cc3ccc(N=C=S)c(F)c3)c2F)C1. The average Bonchev–Trinajstić information content (AvgIpc) is 3.01. The number of thiocarbonyl (C=S) groups is 1. The molecule has 2 aromatic rings.